The van der Waals surface area contributed by atoms with Crippen LogP contribution in [0.3, 0.4) is 0 Å². The highest BCUT2D eigenvalue weighted by atomic mass is 16.6. The number of carbonyl (C=O) groups is 1. The average molecular weight is 403 g/mol. The molecule has 4 unspecified atom stereocenters. The Morgan fingerprint density at radius 2 is 1.72 bits per heavy atom. The lowest BCUT2D eigenvalue weighted by Gasteiger charge is -2.20. The fourth-order valence-electron chi connectivity index (χ4n) is 5.83. The van der Waals surface area contributed by atoms with Crippen LogP contribution in [0, 0.1) is 11.8 Å². The van der Waals surface area contributed by atoms with E-state index in [4.69, 9.17) is 9.47 Å². The number of rotatable bonds is 6. The second kappa shape index (κ2) is 8.72. The molecule has 2 saturated carbocycles. The molecule has 0 spiro atoms. The Hall–Kier alpha value is -1.47. The Kier molecular flexibility index (Phi) is 5.86. The maximum Gasteiger partial charge on any atom is 0.220 e. The van der Waals surface area contributed by atoms with Crippen molar-refractivity contribution in [2.24, 2.45) is 11.8 Å². The van der Waals surface area contributed by atoms with Crippen LogP contribution in [0.1, 0.15) is 75.9 Å². The Labute approximate surface area is 172 Å². The molecule has 4 aliphatic rings. The van der Waals surface area contributed by atoms with Gasteiger partial charge in [-0.1, -0.05) is 50.2 Å². The number of hydrogen-bond donors (Lipinski definition) is 1. The quantitative estimate of drug-likeness (QED) is 0.792. The van der Waals surface area contributed by atoms with E-state index in [2.05, 4.69) is 21.8 Å². The van der Waals surface area contributed by atoms with E-state index in [0.29, 0.717) is 25.6 Å². The van der Waals surface area contributed by atoms with Crippen LogP contribution in [-0.2, 0) is 20.7 Å². The van der Waals surface area contributed by atoms with Gasteiger partial charge >= 0.3 is 0 Å². The number of nitrogens with zero attached hydrogens (tertiary/aromatic N) is 3. The topological polar surface area (TPSA) is 78.3 Å². The molecule has 1 N–H and O–H groups in total. The van der Waals surface area contributed by atoms with E-state index in [1.807, 2.05) is 4.68 Å². The Morgan fingerprint density at radius 1 is 1.00 bits per heavy atom. The van der Waals surface area contributed by atoms with Gasteiger partial charge < -0.3 is 14.8 Å². The standard InChI is InChI=1S/C22H34N4O3/c27-20(11-16-8-4-5-9-16)23-18-13-28-22-19(14-29-21(18)22)26-12-17(24-25-26)10-15-6-2-1-3-7-15/h12,15-16,18-19,21-22H,1-11,13-14H2,(H,23,27). The minimum atomic E-state index is -0.0847. The molecule has 2 aliphatic heterocycles. The summed E-state index contributed by atoms with van der Waals surface area (Å²) in [5.41, 5.74) is 1.08. The maximum atomic E-state index is 12.4. The second-order valence-corrected chi connectivity index (χ2v) is 9.59. The largest absolute Gasteiger partial charge is 0.371 e. The maximum absolute atomic E-state index is 12.4. The summed E-state index contributed by atoms with van der Waals surface area (Å²) in [4.78, 5) is 12.4. The van der Waals surface area contributed by atoms with E-state index < -0.39 is 0 Å². The van der Waals surface area contributed by atoms with E-state index >= 15 is 0 Å². The van der Waals surface area contributed by atoms with Gasteiger partial charge in [-0.05, 0) is 31.1 Å². The number of nitrogens with one attached hydrogen (secondary N) is 1. The zero-order valence-electron chi connectivity index (χ0n) is 17.3. The van der Waals surface area contributed by atoms with Gasteiger partial charge in [0.05, 0.1) is 24.9 Å². The summed E-state index contributed by atoms with van der Waals surface area (Å²) in [6.07, 6.45) is 15.2. The molecule has 2 saturated heterocycles. The molecule has 1 aromatic heterocycles. The Balaban J connectivity index is 1.15. The third kappa shape index (κ3) is 4.36. The summed E-state index contributed by atoms with van der Waals surface area (Å²) in [6.45, 7) is 1.09. The minimum Gasteiger partial charge on any atom is -0.371 e. The highest BCUT2D eigenvalue weighted by Gasteiger charge is 2.49. The van der Waals surface area contributed by atoms with Gasteiger partial charge in [-0.25, -0.2) is 4.68 Å². The third-order valence-electron chi connectivity index (χ3n) is 7.44. The summed E-state index contributed by atoms with van der Waals surface area (Å²) >= 11 is 0. The van der Waals surface area contributed by atoms with E-state index in [0.717, 1.165) is 18.0 Å². The highest BCUT2D eigenvalue weighted by Crippen LogP contribution is 2.35. The summed E-state index contributed by atoms with van der Waals surface area (Å²) in [6, 6.07) is -0.00604. The summed E-state index contributed by atoms with van der Waals surface area (Å²) < 4.78 is 14.1. The first-order chi connectivity index (χ1) is 14.3. The Bertz CT molecular complexity index is 696. The molecule has 4 atom stereocenters. The summed E-state index contributed by atoms with van der Waals surface area (Å²) in [5, 5.41) is 12.0. The van der Waals surface area contributed by atoms with E-state index in [1.54, 1.807) is 0 Å². The molecule has 160 valence electrons. The third-order valence-corrected chi connectivity index (χ3v) is 7.44. The van der Waals surface area contributed by atoms with Gasteiger partial charge in [0.25, 0.3) is 0 Å². The van der Waals surface area contributed by atoms with Crippen LogP contribution in [-0.4, -0.2) is 52.4 Å². The molecule has 4 fully saturated rings. The van der Waals surface area contributed by atoms with Crippen LogP contribution in [0.15, 0.2) is 6.20 Å². The minimum absolute atomic E-state index is 0.0457. The van der Waals surface area contributed by atoms with Crippen molar-refractivity contribution < 1.29 is 14.3 Å². The predicted molar refractivity (Wildman–Crippen MR) is 107 cm³/mol. The van der Waals surface area contributed by atoms with Crippen LogP contribution < -0.4 is 5.32 Å². The van der Waals surface area contributed by atoms with E-state index in [-0.39, 0.29) is 30.2 Å². The molecular weight excluding hydrogens is 368 g/mol. The highest BCUT2D eigenvalue weighted by molar-refractivity contribution is 5.76. The number of carbonyl (C=O) groups excluding carboxylic acids is 1. The van der Waals surface area contributed by atoms with Gasteiger partial charge in [0.2, 0.25) is 5.91 Å². The molecule has 29 heavy (non-hydrogen) atoms. The zero-order chi connectivity index (χ0) is 19.6. The SMILES string of the molecule is O=C(CC1CCCC1)NC1COC2C1OCC2n1cc(CC2CCCCC2)nn1. The van der Waals surface area contributed by atoms with Crippen molar-refractivity contribution in [3.63, 3.8) is 0 Å². The first-order valence-electron chi connectivity index (χ1n) is 11.7. The molecule has 7 nitrogen and oxygen atoms in total. The number of fused-ring (bicyclic) bond motifs is 1. The molecule has 3 heterocycles. The van der Waals surface area contributed by atoms with Crippen LogP contribution in [0.5, 0.6) is 0 Å². The normalized spacial score (nSPS) is 33.2. The molecule has 0 aromatic carbocycles. The first-order valence-corrected chi connectivity index (χ1v) is 11.7. The molecular formula is C22H34N4O3. The first kappa shape index (κ1) is 19.5. The molecule has 7 heteroatoms. The van der Waals surface area contributed by atoms with Crippen molar-refractivity contribution in [1.29, 1.82) is 0 Å². The smallest absolute Gasteiger partial charge is 0.220 e. The molecule has 2 aliphatic carbocycles. The molecule has 1 aromatic rings. The predicted octanol–water partition coefficient (Wildman–Crippen LogP) is 2.80. The number of amides is 1. The molecule has 5 rings (SSSR count). The number of hydrogen-bond acceptors (Lipinski definition) is 5. The second-order valence-electron chi connectivity index (χ2n) is 9.59. The van der Waals surface area contributed by atoms with Gasteiger partial charge in [0.1, 0.15) is 18.2 Å². The van der Waals surface area contributed by atoms with E-state index in [1.165, 1.54) is 57.8 Å². The summed E-state index contributed by atoms with van der Waals surface area (Å²) in [5.74, 6) is 1.46. The van der Waals surface area contributed by atoms with Gasteiger partial charge in [0.15, 0.2) is 0 Å². The number of ether oxygens (including phenoxy) is 2. The van der Waals surface area contributed by atoms with E-state index in [9.17, 15) is 4.79 Å². The van der Waals surface area contributed by atoms with Gasteiger partial charge in [-0.2, -0.15) is 0 Å². The van der Waals surface area contributed by atoms with Crippen molar-refractivity contribution in [2.75, 3.05) is 13.2 Å². The van der Waals surface area contributed by atoms with Crippen LogP contribution in [0.25, 0.3) is 0 Å². The lowest BCUT2D eigenvalue weighted by Crippen LogP contribution is -2.44. The molecule has 0 radical (unpaired) electrons. The summed E-state index contributed by atoms with van der Waals surface area (Å²) in [7, 11) is 0. The van der Waals surface area contributed by atoms with Crippen molar-refractivity contribution in [2.45, 2.75) is 94.9 Å². The van der Waals surface area contributed by atoms with Gasteiger partial charge in [-0.15, -0.1) is 5.10 Å². The molecule has 0 bridgehead atoms. The lowest BCUT2D eigenvalue weighted by molar-refractivity contribution is -0.123. The molecule has 1 amide bonds. The fourth-order valence-corrected chi connectivity index (χ4v) is 5.83. The van der Waals surface area contributed by atoms with Crippen LogP contribution >= 0.6 is 0 Å². The fraction of sp³-hybridized carbons (Fsp3) is 0.864. The zero-order valence-corrected chi connectivity index (χ0v) is 17.3. The average Bonchev–Trinajstić information content (AvgIpc) is 3.49. The van der Waals surface area contributed by atoms with Gasteiger partial charge in [-0.3, -0.25) is 4.79 Å². The monoisotopic (exact) mass is 402 g/mol. The van der Waals surface area contributed by atoms with Gasteiger partial charge in [0, 0.05) is 12.6 Å². The van der Waals surface area contributed by atoms with Crippen molar-refractivity contribution in [3.8, 4) is 0 Å². The van der Waals surface area contributed by atoms with Crippen LogP contribution in [0.4, 0.5) is 0 Å². The van der Waals surface area contributed by atoms with Crippen molar-refractivity contribution in [3.05, 3.63) is 11.9 Å². The van der Waals surface area contributed by atoms with Crippen molar-refractivity contribution in [1.82, 2.24) is 20.3 Å². The number of aromatic nitrogens is 3. The van der Waals surface area contributed by atoms with Crippen LogP contribution in [0.2, 0.25) is 0 Å². The Morgan fingerprint density at radius 3 is 2.55 bits per heavy atom. The lowest BCUT2D eigenvalue weighted by atomic mass is 9.86. The van der Waals surface area contributed by atoms with Crippen molar-refractivity contribution >= 4 is 5.91 Å².